The molecule has 0 bridgehead atoms. The maximum absolute atomic E-state index is 13.2. The number of carbonyl (C=O) groups excluding carboxylic acids is 2. The van der Waals surface area contributed by atoms with Crippen molar-refractivity contribution in [1.82, 2.24) is 5.32 Å². The highest BCUT2D eigenvalue weighted by atomic mass is 16.5. The van der Waals surface area contributed by atoms with Crippen LogP contribution in [0.1, 0.15) is 239 Å². The predicted molar refractivity (Wildman–Crippen MR) is 282 cm³/mol. The van der Waals surface area contributed by atoms with Crippen LogP contribution >= 0.6 is 0 Å². The monoisotopic (exact) mass is 904 g/mol. The third kappa shape index (κ3) is 47.1. The number of hydrogen-bond donors (Lipinski definition) is 3. The van der Waals surface area contributed by atoms with Crippen LogP contribution in [0.4, 0.5) is 0 Å². The van der Waals surface area contributed by atoms with Crippen molar-refractivity contribution in [2.75, 3.05) is 6.61 Å². The van der Waals surface area contributed by atoms with Crippen molar-refractivity contribution in [2.45, 2.75) is 257 Å². The Morgan fingerprint density at radius 3 is 1.31 bits per heavy atom. The van der Waals surface area contributed by atoms with Crippen molar-refractivity contribution < 1.29 is 24.5 Å². The number of aliphatic hydroxyl groups excluding tert-OH is 2. The van der Waals surface area contributed by atoms with Gasteiger partial charge in [-0.3, -0.25) is 9.59 Å². The first-order valence-electron chi connectivity index (χ1n) is 27.1. The molecule has 0 heterocycles. The van der Waals surface area contributed by atoms with E-state index in [9.17, 15) is 19.8 Å². The van der Waals surface area contributed by atoms with E-state index in [1.54, 1.807) is 0 Å². The van der Waals surface area contributed by atoms with Crippen LogP contribution in [-0.2, 0) is 14.3 Å². The van der Waals surface area contributed by atoms with Crippen molar-refractivity contribution in [3.8, 4) is 0 Å². The van der Waals surface area contributed by atoms with E-state index in [1.165, 1.54) is 103 Å². The maximum atomic E-state index is 13.2. The number of ether oxygens (including phenoxy) is 1. The number of allylic oxidation sites excluding steroid dienone is 16. The molecule has 0 spiro atoms. The molecule has 372 valence electrons. The van der Waals surface area contributed by atoms with E-state index in [0.29, 0.717) is 19.3 Å². The van der Waals surface area contributed by atoms with Gasteiger partial charge in [0.1, 0.15) is 6.10 Å². The van der Waals surface area contributed by atoms with Gasteiger partial charge in [0, 0.05) is 6.42 Å². The number of hydrogen-bond acceptors (Lipinski definition) is 5. The van der Waals surface area contributed by atoms with Crippen LogP contribution in [0.25, 0.3) is 0 Å². The molecule has 0 fully saturated rings. The first-order chi connectivity index (χ1) is 32.0. The minimum absolute atomic E-state index is 0.0405. The van der Waals surface area contributed by atoms with Crippen LogP contribution < -0.4 is 5.32 Å². The van der Waals surface area contributed by atoms with E-state index >= 15 is 0 Å². The molecule has 1 amide bonds. The first kappa shape index (κ1) is 61.8. The van der Waals surface area contributed by atoms with Crippen molar-refractivity contribution in [1.29, 1.82) is 0 Å². The zero-order valence-corrected chi connectivity index (χ0v) is 42.3. The Balaban J connectivity index is 4.67. The van der Waals surface area contributed by atoms with Gasteiger partial charge in [-0.25, -0.2) is 0 Å². The van der Waals surface area contributed by atoms with Gasteiger partial charge in [0.15, 0.2) is 0 Å². The second-order valence-electron chi connectivity index (χ2n) is 18.1. The summed E-state index contributed by atoms with van der Waals surface area (Å²) in [6.07, 6.45) is 68.9. The Morgan fingerprint density at radius 1 is 0.462 bits per heavy atom. The Hall–Kier alpha value is -3.22. The number of rotatable bonds is 47. The lowest BCUT2D eigenvalue weighted by Gasteiger charge is -2.24. The molecule has 0 aliphatic rings. The number of carbonyl (C=O) groups is 2. The Bertz CT molecular complexity index is 1290. The van der Waals surface area contributed by atoms with Crippen LogP contribution in [0.2, 0.25) is 0 Å². The molecule has 0 aliphatic carbocycles. The van der Waals surface area contributed by atoms with Crippen molar-refractivity contribution in [2.24, 2.45) is 0 Å². The lowest BCUT2D eigenvalue weighted by Crippen LogP contribution is -2.46. The van der Waals surface area contributed by atoms with Gasteiger partial charge < -0.3 is 20.3 Å². The van der Waals surface area contributed by atoms with Crippen LogP contribution in [0, 0.1) is 0 Å². The van der Waals surface area contributed by atoms with E-state index in [-0.39, 0.29) is 24.9 Å². The van der Waals surface area contributed by atoms with E-state index in [1.807, 2.05) is 54.7 Å². The summed E-state index contributed by atoms with van der Waals surface area (Å²) in [6.45, 7) is 6.30. The van der Waals surface area contributed by atoms with Crippen LogP contribution in [0.5, 0.6) is 0 Å². The van der Waals surface area contributed by atoms with Crippen LogP contribution in [0.3, 0.4) is 0 Å². The minimum Gasteiger partial charge on any atom is -0.462 e. The van der Waals surface area contributed by atoms with Crippen LogP contribution in [0.15, 0.2) is 97.2 Å². The molecule has 3 N–H and O–H groups in total. The largest absolute Gasteiger partial charge is 0.462 e. The molecule has 0 saturated carbocycles. The molecule has 0 aromatic heterocycles. The van der Waals surface area contributed by atoms with Crippen molar-refractivity contribution in [3.05, 3.63) is 97.2 Å². The van der Waals surface area contributed by atoms with Crippen LogP contribution in [-0.4, -0.2) is 46.9 Å². The molecule has 65 heavy (non-hydrogen) atoms. The molecule has 0 aromatic carbocycles. The second kappa shape index (κ2) is 51.8. The molecule has 3 unspecified atom stereocenters. The summed E-state index contributed by atoms with van der Waals surface area (Å²) in [4.78, 5) is 26.2. The standard InChI is InChI=1S/C59H101NO5/c1-4-7-10-13-16-19-22-25-27-29-31-34-37-40-43-46-49-52-59(64)65-55(50-47-44-41-38-35-32-24-21-18-15-12-9-6-3)53-58(63)60-56(54-61)57(62)51-48-45-42-39-36-33-30-28-26-23-20-17-14-11-8-5-2/h7,10,13,16,18-19,21-22,24-25,27,29,31-32,34,37,55-57,61-62H,4-6,8-9,11-12,14-15,17,20,23,26,28,30,33,35-36,38-54H2,1-3H3,(H,60,63)/b10-7-,16-13+,21-18+,22-19+,27-25-,31-29+,32-24+,37-34+. The number of aliphatic hydroxyl groups is 2. The molecule has 0 radical (unpaired) electrons. The number of amides is 1. The quantitative estimate of drug-likeness (QED) is 0.0321. The highest BCUT2D eigenvalue weighted by Gasteiger charge is 2.24. The van der Waals surface area contributed by atoms with Gasteiger partial charge in [-0.15, -0.1) is 0 Å². The lowest BCUT2D eigenvalue weighted by atomic mass is 10.0. The smallest absolute Gasteiger partial charge is 0.306 e. The van der Waals surface area contributed by atoms with E-state index < -0.39 is 18.2 Å². The molecular formula is C59H101NO5. The summed E-state index contributed by atoms with van der Waals surface area (Å²) >= 11 is 0. The van der Waals surface area contributed by atoms with E-state index in [2.05, 4.69) is 68.6 Å². The number of nitrogens with one attached hydrogen (secondary N) is 1. The normalized spacial score (nSPS) is 14.0. The molecular weight excluding hydrogens is 803 g/mol. The molecule has 0 rings (SSSR count). The number of esters is 1. The van der Waals surface area contributed by atoms with Gasteiger partial charge in [0.05, 0.1) is 25.2 Å². The van der Waals surface area contributed by atoms with Gasteiger partial charge in [-0.2, -0.15) is 0 Å². The third-order valence-electron chi connectivity index (χ3n) is 11.8. The molecule has 6 nitrogen and oxygen atoms in total. The SMILES string of the molecule is CC\C=C/C=C/C=C/C=C\C=C\C=C\CCCCCC(=O)OC(CCCCCC/C=C/C=C/CCCCC)CC(=O)NC(CO)C(O)CCCCCCCCCCCCCCCCCC. The maximum Gasteiger partial charge on any atom is 0.306 e. The predicted octanol–water partition coefficient (Wildman–Crippen LogP) is 16.5. The fraction of sp³-hybridized carbons (Fsp3) is 0.695. The Kier molecular flexibility index (Phi) is 49.2. The lowest BCUT2D eigenvalue weighted by molar-refractivity contribution is -0.151. The molecule has 0 saturated heterocycles. The van der Waals surface area contributed by atoms with E-state index in [0.717, 1.165) is 89.9 Å². The zero-order chi connectivity index (χ0) is 47.4. The number of unbranched alkanes of at least 4 members (excludes halogenated alkanes) is 25. The first-order valence-corrected chi connectivity index (χ1v) is 27.1. The summed E-state index contributed by atoms with van der Waals surface area (Å²) in [7, 11) is 0. The summed E-state index contributed by atoms with van der Waals surface area (Å²) in [5.41, 5.74) is 0. The van der Waals surface area contributed by atoms with Crippen molar-refractivity contribution >= 4 is 11.9 Å². The van der Waals surface area contributed by atoms with Crippen molar-refractivity contribution in [3.63, 3.8) is 0 Å². The average Bonchev–Trinajstić information content (AvgIpc) is 3.30. The molecule has 0 aliphatic heterocycles. The molecule has 0 aromatic rings. The van der Waals surface area contributed by atoms with Gasteiger partial charge in [0.25, 0.3) is 0 Å². The summed E-state index contributed by atoms with van der Waals surface area (Å²) < 4.78 is 5.91. The summed E-state index contributed by atoms with van der Waals surface area (Å²) in [5, 5.41) is 23.8. The highest BCUT2D eigenvalue weighted by molar-refractivity contribution is 5.77. The minimum atomic E-state index is -0.807. The Labute approximate surface area is 401 Å². The van der Waals surface area contributed by atoms with Gasteiger partial charge in [-0.1, -0.05) is 253 Å². The molecule has 6 heteroatoms. The summed E-state index contributed by atoms with van der Waals surface area (Å²) in [5.74, 6) is -0.550. The van der Waals surface area contributed by atoms with E-state index in [4.69, 9.17) is 4.74 Å². The Morgan fingerprint density at radius 2 is 0.831 bits per heavy atom. The fourth-order valence-corrected chi connectivity index (χ4v) is 7.75. The topological polar surface area (TPSA) is 95.9 Å². The average molecular weight is 904 g/mol. The third-order valence-corrected chi connectivity index (χ3v) is 11.8. The second-order valence-corrected chi connectivity index (χ2v) is 18.1. The highest BCUT2D eigenvalue weighted by Crippen LogP contribution is 2.17. The molecule has 3 atom stereocenters. The van der Waals surface area contributed by atoms with Gasteiger partial charge in [-0.05, 0) is 70.6 Å². The van der Waals surface area contributed by atoms with Gasteiger partial charge in [0.2, 0.25) is 5.91 Å². The summed E-state index contributed by atoms with van der Waals surface area (Å²) in [6, 6.07) is -0.724. The van der Waals surface area contributed by atoms with Gasteiger partial charge >= 0.3 is 5.97 Å². The zero-order valence-electron chi connectivity index (χ0n) is 42.3. The fourth-order valence-electron chi connectivity index (χ4n) is 7.75.